The number of pyridine rings is 1. The smallest absolute Gasteiger partial charge is 0.150 e. The lowest BCUT2D eigenvalue weighted by molar-refractivity contribution is 0.716. The van der Waals surface area contributed by atoms with Crippen molar-refractivity contribution >= 4 is 11.5 Å². The monoisotopic (exact) mass is 258 g/mol. The van der Waals surface area contributed by atoms with Gasteiger partial charge >= 0.3 is 0 Å². The number of imidazole rings is 1. The van der Waals surface area contributed by atoms with E-state index in [0.29, 0.717) is 6.54 Å². The second-order valence-corrected chi connectivity index (χ2v) is 5.70. The summed E-state index contributed by atoms with van der Waals surface area (Å²) < 4.78 is 2.16. The molecule has 0 radical (unpaired) electrons. The van der Waals surface area contributed by atoms with E-state index in [9.17, 15) is 0 Å². The minimum atomic E-state index is 0.656. The molecule has 0 aliphatic heterocycles. The number of nitrogens with two attached hydrogens (primary N) is 1. The van der Waals surface area contributed by atoms with Crippen molar-refractivity contribution in [2.24, 2.45) is 17.6 Å². The van der Waals surface area contributed by atoms with E-state index in [4.69, 9.17) is 10.7 Å². The number of aromatic nitrogens is 2. The SMILES string of the molecule is CC1CC1CN(C)c1nc2ccccn2c1CCN. The molecule has 1 saturated carbocycles. The second-order valence-electron chi connectivity index (χ2n) is 5.70. The molecule has 102 valence electrons. The third kappa shape index (κ3) is 2.32. The average Bonchev–Trinajstić information content (AvgIpc) is 2.97. The average molecular weight is 258 g/mol. The van der Waals surface area contributed by atoms with Gasteiger partial charge in [-0.2, -0.15) is 0 Å². The fraction of sp³-hybridized carbons (Fsp3) is 0.533. The van der Waals surface area contributed by atoms with Crippen LogP contribution in [0.5, 0.6) is 0 Å². The molecule has 4 nitrogen and oxygen atoms in total. The molecule has 2 aromatic rings. The predicted molar refractivity (Wildman–Crippen MR) is 78.5 cm³/mol. The summed E-state index contributed by atoms with van der Waals surface area (Å²) in [6.45, 7) is 4.08. The van der Waals surface area contributed by atoms with Crippen LogP contribution in [0.25, 0.3) is 5.65 Å². The van der Waals surface area contributed by atoms with Crippen LogP contribution in [0.15, 0.2) is 24.4 Å². The Hall–Kier alpha value is -1.55. The maximum absolute atomic E-state index is 5.76. The Balaban J connectivity index is 1.94. The van der Waals surface area contributed by atoms with Crippen molar-refractivity contribution in [3.05, 3.63) is 30.1 Å². The standard InChI is InChI=1S/C15H22N4/c1-11-9-12(11)10-18(2)15-13(6-7-16)19-8-4-3-5-14(19)17-15/h3-5,8,11-12H,6-7,9-10,16H2,1-2H3. The highest BCUT2D eigenvalue weighted by Crippen LogP contribution is 2.39. The first-order valence-corrected chi connectivity index (χ1v) is 7.08. The van der Waals surface area contributed by atoms with Crippen LogP contribution in [0.2, 0.25) is 0 Å². The lowest BCUT2D eigenvalue weighted by Gasteiger charge is -2.18. The second kappa shape index (κ2) is 4.85. The quantitative estimate of drug-likeness (QED) is 0.891. The molecule has 1 aliphatic rings. The van der Waals surface area contributed by atoms with Gasteiger partial charge in [0.2, 0.25) is 0 Å². The number of fused-ring (bicyclic) bond motifs is 1. The van der Waals surface area contributed by atoms with Crippen molar-refractivity contribution in [2.75, 3.05) is 25.0 Å². The first-order valence-electron chi connectivity index (χ1n) is 7.08. The van der Waals surface area contributed by atoms with Crippen LogP contribution in [-0.2, 0) is 6.42 Å². The van der Waals surface area contributed by atoms with E-state index in [-0.39, 0.29) is 0 Å². The van der Waals surface area contributed by atoms with Crippen LogP contribution >= 0.6 is 0 Å². The highest BCUT2D eigenvalue weighted by molar-refractivity contribution is 5.55. The number of hydrogen-bond acceptors (Lipinski definition) is 3. The van der Waals surface area contributed by atoms with Crippen molar-refractivity contribution < 1.29 is 0 Å². The van der Waals surface area contributed by atoms with Gasteiger partial charge in [-0.3, -0.25) is 0 Å². The molecule has 2 heterocycles. The summed E-state index contributed by atoms with van der Waals surface area (Å²) in [6.07, 6.45) is 4.29. The first-order chi connectivity index (χ1) is 9.20. The Morgan fingerprint density at radius 3 is 2.95 bits per heavy atom. The lowest BCUT2D eigenvalue weighted by Crippen LogP contribution is -2.23. The maximum atomic E-state index is 5.76. The van der Waals surface area contributed by atoms with Gasteiger partial charge in [-0.25, -0.2) is 4.98 Å². The summed E-state index contributed by atoms with van der Waals surface area (Å²) >= 11 is 0. The summed E-state index contributed by atoms with van der Waals surface area (Å²) in [5.41, 5.74) is 8.00. The molecule has 0 bridgehead atoms. The van der Waals surface area contributed by atoms with E-state index in [2.05, 4.69) is 35.5 Å². The van der Waals surface area contributed by atoms with Crippen LogP contribution in [0, 0.1) is 11.8 Å². The summed E-state index contributed by atoms with van der Waals surface area (Å²) in [5.74, 6) is 2.80. The van der Waals surface area contributed by atoms with Gasteiger partial charge in [-0.1, -0.05) is 13.0 Å². The van der Waals surface area contributed by atoms with Gasteiger partial charge in [0.15, 0.2) is 5.82 Å². The van der Waals surface area contributed by atoms with Gasteiger partial charge in [-0.05, 0) is 36.9 Å². The number of hydrogen-bond donors (Lipinski definition) is 1. The number of rotatable bonds is 5. The molecule has 0 aromatic carbocycles. The van der Waals surface area contributed by atoms with E-state index in [1.165, 1.54) is 12.1 Å². The van der Waals surface area contributed by atoms with Crippen molar-refractivity contribution in [3.8, 4) is 0 Å². The third-order valence-electron chi connectivity index (χ3n) is 4.13. The van der Waals surface area contributed by atoms with Gasteiger partial charge in [0.25, 0.3) is 0 Å². The lowest BCUT2D eigenvalue weighted by atomic mass is 10.2. The molecule has 2 aromatic heterocycles. The van der Waals surface area contributed by atoms with E-state index in [1.54, 1.807) is 0 Å². The van der Waals surface area contributed by atoms with Crippen LogP contribution in [0.4, 0.5) is 5.82 Å². The Kier molecular flexibility index (Phi) is 3.19. The molecule has 1 aliphatic carbocycles. The minimum Gasteiger partial charge on any atom is -0.358 e. The van der Waals surface area contributed by atoms with Crippen molar-refractivity contribution in [2.45, 2.75) is 19.8 Å². The summed E-state index contributed by atoms with van der Waals surface area (Å²) in [7, 11) is 2.15. The third-order valence-corrected chi connectivity index (χ3v) is 4.13. The first kappa shape index (κ1) is 12.5. The summed E-state index contributed by atoms with van der Waals surface area (Å²) in [6, 6.07) is 6.12. The minimum absolute atomic E-state index is 0.656. The van der Waals surface area contributed by atoms with E-state index >= 15 is 0 Å². The maximum Gasteiger partial charge on any atom is 0.150 e. The zero-order valence-corrected chi connectivity index (χ0v) is 11.7. The zero-order valence-electron chi connectivity index (χ0n) is 11.7. The van der Waals surface area contributed by atoms with Crippen LogP contribution in [-0.4, -0.2) is 29.5 Å². The molecule has 0 amide bonds. The highest BCUT2D eigenvalue weighted by atomic mass is 15.2. The largest absolute Gasteiger partial charge is 0.358 e. The van der Waals surface area contributed by atoms with E-state index in [1.807, 2.05) is 12.1 Å². The summed E-state index contributed by atoms with van der Waals surface area (Å²) in [5, 5.41) is 0. The Bertz CT molecular complexity index is 575. The Morgan fingerprint density at radius 2 is 2.26 bits per heavy atom. The number of anilines is 1. The fourth-order valence-electron chi connectivity index (χ4n) is 2.80. The van der Waals surface area contributed by atoms with Gasteiger partial charge < -0.3 is 15.0 Å². The number of nitrogens with zero attached hydrogens (tertiary/aromatic N) is 3. The van der Waals surface area contributed by atoms with Gasteiger partial charge in [-0.15, -0.1) is 0 Å². The molecular formula is C15H22N4. The van der Waals surface area contributed by atoms with E-state index < -0.39 is 0 Å². The molecule has 2 N–H and O–H groups in total. The molecule has 19 heavy (non-hydrogen) atoms. The van der Waals surface area contributed by atoms with Crippen molar-refractivity contribution in [1.82, 2.24) is 9.38 Å². The molecule has 1 fully saturated rings. The Labute approximate surface area is 114 Å². The highest BCUT2D eigenvalue weighted by Gasteiger charge is 2.34. The summed E-state index contributed by atoms with van der Waals surface area (Å²) in [4.78, 5) is 7.07. The predicted octanol–water partition coefficient (Wildman–Crippen LogP) is 1.93. The van der Waals surface area contributed by atoms with Crippen LogP contribution in [0.1, 0.15) is 19.0 Å². The van der Waals surface area contributed by atoms with E-state index in [0.717, 1.165) is 36.3 Å². The fourth-order valence-corrected chi connectivity index (χ4v) is 2.80. The molecule has 4 heteroatoms. The topological polar surface area (TPSA) is 46.6 Å². The van der Waals surface area contributed by atoms with Gasteiger partial charge in [0, 0.05) is 26.2 Å². The molecular weight excluding hydrogens is 236 g/mol. The molecule has 2 unspecified atom stereocenters. The van der Waals surface area contributed by atoms with Crippen molar-refractivity contribution in [3.63, 3.8) is 0 Å². The van der Waals surface area contributed by atoms with Gasteiger partial charge in [0.05, 0.1) is 5.69 Å². The zero-order chi connectivity index (χ0) is 13.4. The normalized spacial score (nSPS) is 21.8. The van der Waals surface area contributed by atoms with Crippen molar-refractivity contribution in [1.29, 1.82) is 0 Å². The molecule has 3 rings (SSSR count). The molecule has 0 saturated heterocycles. The Morgan fingerprint density at radius 1 is 1.47 bits per heavy atom. The van der Waals surface area contributed by atoms with Crippen LogP contribution in [0.3, 0.4) is 0 Å². The van der Waals surface area contributed by atoms with Gasteiger partial charge in [0.1, 0.15) is 5.65 Å². The molecule has 0 spiro atoms. The van der Waals surface area contributed by atoms with Crippen LogP contribution < -0.4 is 10.6 Å². The molecule has 2 atom stereocenters.